The second kappa shape index (κ2) is 61.6. The van der Waals surface area contributed by atoms with E-state index >= 15 is 0 Å². The largest absolute Gasteiger partial charge is 0.472 e. The van der Waals surface area contributed by atoms with Gasteiger partial charge in [0.2, 0.25) is 0 Å². The molecule has 0 saturated heterocycles. The number of rotatable bonds is 68. The molecule has 0 aromatic carbocycles. The maximum Gasteiger partial charge on any atom is 0.472 e. The van der Waals surface area contributed by atoms with Crippen LogP contribution in [0.5, 0.6) is 0 Å². The third-order valence-electron chi connectivity index (χ3n) is 15.8. The summed E-state index contributed by atoms with van der Waals surface area (Å²) in [6, 6.07) is 0. The molecule has 5 atom stereocenters. The van der Waals surface area contributed by atoms with Gasteiger partial charge in [-0.05, 0) is 31.6 Å². The Balaban J connectivity index is 5.11. The highest BCUT2D eigenvalue weighted by Crippen LogP contribution is 2.45. The second-order valence-corrected chi connectivity index (χ2v) is 27.9. The van der Waals surface area contributed by atoms with Gasteiger partial charge in [-0.1, -0.05) is 298 Å². The van der Waals surface area contributed by atoms with Gasteiger partial charge in [0.1, 0.15) is 19.3 Å². The van der Waals surface area contributed by atoms with Crippen LogP contribution < -0.4 is 0 Å². The summed E-state index contributed by atoms with van der Waals surface area (Å²) >= 11 is 0. The minimum atomic E-state index is -4.95. The van der Waals surface area contributed by atoms with Gasteiger partial charge >= 0.3 is 39.5 Å². The Morgan fingerprint density at radius 1 is 0.310 bits per heavy atom. The van der Waals surface area contributed by atoms with Crippen molar-refractivity contribution in [1.29, 1.82) is 0 Å². The van der Waals surface area contributed by atoms with Crippen molar-refractivity contribution in [2.45, 2.75) is 368 Å². The van der Waals surface area contributed by atoms with Crippen LogP contribution in [0.1, 0.15) is 349 Å². The molecule has 3 N–H and O–H groups in total. The van der Waals surface area contributed by atoms with Gasteiger partial charge in [0, 0.05) is 25.7 Å². The third kappa shape index (κ3) is 62.6. The van der Waals surface area contributed by atoms with E-state index in [1.54, 1.807) is 0 Å². The molecule has 19 heteroatoms. The quantitative estimate of drug-likeness (QED) is 0.0222. The Hall–Kier alpha value is -1.94. The van der Waals surface area contributed by atoms with Crippen molar-refractivity contribution in [3.63, 3.8) is 0 Å². The minimum absolute atomic E-state index is 0.106. The molecule has 0 amide bonds. The Morgan fingerprint density at radius 2 is 0.529 bits per heavy atom. The number of phosphoric ester groups is 2. The van der Waals surface area contributed by atoms with Gasteiger partial charge in [0.25, 0.3) is 0 Å². The van der Waals surface area contributed by atoms with E-state index in [2.05, 4.69) is 34.6 Å². The molecular formula is C68H132O17P2. The van der Waals surface area contributed by atoms with Crippen LogP contribution >= 0.6 is 15.6 Å². The number of aliphatic hydroxyl groups excluding tert-OH is 1. The maximum absolute atomic E-state index is 13.0. The number of hydrogen-bond acceptors (Lipinski definition) is 15. The van der Waals surface area contributed by atoms with E-state index in [9.17, 15) is 43.2 Å². The van der Waals surface area contributed by atoms with Crippen LogP contribution in [0.3, 0.4) is 0 Å². The normalized spacial score (nSPS) is 14.1. The first kappa shape index (κ1) is 85.1. The van der Waals surface area contributed by atoms with Crippen LogP contribution in [-0.4, -0.2) is 96.7 Å². The highest BCUT2D eigenvalue weighted by atomic mass is 31.2. The number of carbonyl (C=O) groups excluding carboxylic acids is 4. The van der Waals surface area contributed by atoms with E-state index in [1.165, 1.54) is 167 Å². The van der Waals surface area contributed by atoms with Crippen LogP contribution in [0.25, 0.3) is 0 Å². The monoisotopic (exact) mass is 1280 g/mol. The Labute approximate surface area is 530 Å². The summed E-state index contributed by atoms with van der Waals surface area (Å²) in [7, 11) is -9.88. The summed E-state index contributed by atoms with van der Waals surface area (Å²) in [6.45, 7) is 7.11. The summed E-state index contributed by atoms with van der Waals surface area (Å²) in [5.74, 6) is -1.39. The molecule has 0 saturated carbocycles. The fourth-order valence-corrected chi connectivity index (χ4v) is 11.9. The molecule has 0 heterocycles. The van der Waals surface area contributed by atoms with E-state index in [4.69, 9.17) is 37.0 Å². The van der Waals surface area contributed by atoms with Crippen LogP contribution in [-0.2, 0) is 65.4 Å². The lowest BCUT2D eigenvalue weighted by atomic mass is 10.0. The molecular weight excluding hydrogens is 1150 g/mol. The van der Waals surface area contributed by atoms with Crippen molar-refractivity contribution in [1.82, 2.24) is 0 Å². The maximum atomic E-state index is 13.0. The summed E-state index contributed by atoms with van der Waals surface area (Å²) in [6.07, 6.45) is 47.7. The molecule has 0 aliphatic rings. The molecule has 0 aliphatic heterocycles. The number of hydrogen-bond donors (Lipinski definition) is 3. The van der Waals surface area contributed by atoms with Crippen molar-refractivity contribution in [2.75, 3.05) is 39.6 Å². The van der Waals surface area contributed by atoms with Gasteiger partial charge < -0.3 is 33.8 Å². The molecule has 0 aromatic heterocycles. The zero-order valence-electron chi connectivity index (χ0n) is 56.2. The molecule has 0 rings (SSSR count). The van der Waals surface area contributed by atoms with Crippen LogP contribution in [0, 0.1) is 5.92 Å². The topological polar surface area (TPSA) is 237 Å². The standard InChI is InChI=1S/C68H132O17P2/c1-6-9-12-15-17-19-21-22-23-24-25-26-27-28-29-30-34-39-44-49-54-68(73)85-64(58-79-66(71)52-47-42-37-35-31-32-36-41-45-50-61(4)5)60-83-87(76,77)81-56-62(69)55-80-86(74,75)82-59-63(57-78-65(70)51-46-40-14-11-8-3)84-67(72)53-48-43-38-33-20-18-16-13-10-7-2/h61-64,69H,6-60H2,1-5H3,(H,74,75)(H,76,77)/t62-,63+,64+/m0/s1. The SMILES string of the molecule is CCCCCCCCCCCCCCCCCCCCCCC(=O)O[C@H](COC(=O)CCCCCCCCCCCC(C)C)COP(=O)(O)OC[C@@H](O)COP(=O)(O)OC[C@@H](COC(=O)CCCCCCC)OC(=O)CCCCCCCCCCCC. The van der Waals surface area contributed by atoms with Crippen LogP contribution in [0.2, 0.25) is 0 Å². The van der Waals surface area contributed by atoms with Crippen molar-refractivity contribution < 1.29 is 80.2 Å². The molecule has 0 fully saturated rings. The van der Waals surface area contributed by atoms with Gasteiger partial charge in [-0.2, -0.15) is 0 Å². The molecule has 0 aromatic rings. The number of carbonyl (C=O) groups is 4. The highest BCUT2D eigenvalue weighted by molar-refractivity contribution is 7.47. The third-order valence-corrected chi connectivity index (χ3v) is 17.7. The molecule has 0 spiro atoms. The molecule has 87 heavy (non-hydrogen) atoms. The van der Waals surface area contributed by atoms with E-state index in [1.807, 2.05) is 0 Å². The van der Waals surface area contributed by atoms with E-state index < -0.39 is 97.5 Å². The lowest BCUT2D eigenvalue weighted by Crippen LogP contribution is -2.30. The first-order chi connectivity index (χ1) is 42.0. The molecule has 0 radical (unpaired) electrons. The average Bonchev–Trinajstić information content (AvgIpc) is 3.69. The first-order valence-corrected chi connectivity index (χ1v) is 38.6. The summed E-state index contributed by atoms with van der Waals surface area (Å²) in [5, 5.41) is 10.5. The average molecular weight is 1280 g/mol. The van der Waals surface area contributed by atoms with Crippen LogP contribution in [0.15, 0.2) is 0 Å². The van der Waals surface area contributed by atoms with Crippen molar-refractivity contribution in [2.24, 2.45) is 5.92 Å². The van der Waals surface area contributed by atoms with Gasteiger partial charge in [0.15, 0.2) is 12.2 Å². The van der Waals surface area contributed by atoms with Gasteiger partial charge in [0.05, 0.1) is 26.4 Å². The number of aliphatic hydroxyl groups is 1. The number of phosphoric acid groups is 2. The Kier molecular flexibility index (Phi) is 60.2. The number of ether oxygens (including phenoxy) is 4. The molecule has 17 nitrogen and oxygen atoms in total. The predicted octanol–water partition coefficient (Wildman–Crippen LogP) is 19.4. The summed E-state index contributed by atoms with van der Waals surface area (Å²) in [4.78, 5) is 72.1. The first-order valence-electron chi connectivity index (χ1n) is 35.6. The molecule has 516 valence electrons. The van der Waals surface area contributed by atoms with E-state index in [0.29, 0.717) is 25.7 Å². The fourth-order valence-electron chi connectivity index (χ4n) is 10.3. The zero-order valence-corrected chi connectivity index (χ0v) is 57.9. The van der Waals surface area contributed by atoms with Gasteiger partial charge in [-0.15, -0.1) is 0 Å². The van der Waals surface area contributed by atoms with Gasteiger partial charge in [-0.3, -0.25) is 37.3 Å². The number of unbranched alkanes of at least 4 members (excludes halogenated alkanes) is 40. The molecule has 2 unspecified atom stereocenters. The van der Waals surface area contributed by atoms with Crippen molar-refractivity contribution in [3.05, 3.63) is 0 Å². The van der Waals surface area contributed by atoms with Gasteiger partial charge in [-0.25, -0.2) is 9.13 Å². The fraction of sp³-hybridized carbons (Fsp3) is 0.941. The smallest absolute Gasteiger partial charge is 0.462 e. The Bertz CT molecular complexity index is 1690. The number of esters is 4. The minimum Gasteiger partial charge on any atom is -0.462 e. The van der Waals surface area contributed by atoms with E-state index in [0.717, 1.165) is 102 Å². The predicted molar refractivity (Wildman–Crippen MR) is 349 cm³/mol. The highest BCUT2D eigenvalue weighted by Gasteiger charge is 2.30. The lowest BCUT2D eigenvalue weighted by Gasteiger charge is -2.21. The zero-order chi connectivity index (χ0) is 64.2. The Morgan fingerprint density at radius 3 is 0.782 bits per heavy atom. The molecule has 0 bridgehead atoms. The lowest BCUT2D eigenvalue weighted by molar-refractivity contribution is -0.161. The van der Waals surface area contributed by atoms with Crippen molar-refractivity contribution in [3.8, 4) is 0 Å². The van der Waals surface area contributed by atoms with E-state index in [-0.39, 0.29) is 25.7 Å². The summed E-state index contributed by atoms with van der Waals surface area (Å²) < 4.78 is 67.9. The van der Waals surface area contributed by atoms with Crippen molar-refractivity contribution >= 4 is 39.5 Å². The molecule has 0 aliphatic carbocycles. The summed E-state index contributed by atoms with van der Waals surface area (Å²) in [5.41, 5.74) is 0. The second-order valence-electron chi connectivity index (χ2n) is 25.0. The van der Waals surface area contributed by atoms with Crippen LogP contribution in [0.4, 0.5) is 0 Å².